The minimum Gasteiger partial charge on any atom is -0.380 e. The summed E-state index contributed by atoms with van der Waals surface area (Å²) in [6, 6.07) is 12.3. The topological polar surface area (TPSA) is 76.1 Å². The second-order valence-electron chi connectivity index (χ2n) is 10.9. The summed E-state index contributed by atoms with van der Waals surface area (Å²) in [6.07, 6.45) is 1.32. The zero-order chi connectivity index (χ0) is 27.9. The van der Waals surface area contributed by atoms with Crippen molar-refractivity contribution in [2.45, 2.75) is 49.8 Å². The Morgan fingerprint density at radius 2 is 1.75 bits per heavy atom. The summed E-state index contributed by atoms with van der Waals surface area (Å²) in [4.78, 5) is 31.0. The minimum atomic E-state index is -2.84. The number of piperidine rings is 1. The number of rotatable bonds is 6. The summed E-state index contributed by atoms with van der Waals surface area (Å²) in [6.45, 7) is 3.77. The first kappa shape index (κ1) is 30.8. The molecule has 218 valence electrons. The number of carbonyl (C=O) groups is 2. The van der Waals surface area contributed by atoms with Crippen LogP contribution in [0, 0.1) is 0 Å². The molecule has 0 unspecified atom stereocenters. The fourth-order valence-electron chi connectivity index (χ4n) is 5.65. The quantitative estimate of drug-likeness (QED) is 0.498. The third-order valence-corrected chi connectivity index (χ3v) is 8.56. The van der Waals surface area contributed by atoms with Crippen LogP contribution in [0.4, 0.5) is 14.5 Å². The minimum absolute atomic E-state index is 0. The van der Waals surface area contributed by atoms with E-state index in [2.05, 4.69) is 10.2 Å². The Labute approximate surface area is 249 Å². The van der Waals surface area contributed by atoms with Crippen molar-refractivity contribution >= 4 is 54.2 Å². The molecule has 0 radical (unpaired) electrons. The largest absolute Gasteiger partial charge is 0.380 e. The van der Waals surface area contributed by atoms with Crippen molar-refractivity contribution in [3.63, 3.8) is 0 Å². The van der Waals surface area contributed by atoms with Gasteiger partial charge in [0.25, 0.3) is 17.7 Å². The van der Waals surface area contributed by atoms with Gasteiger partial charge in [-0.2, -0.15) is 13.5 Å². The molecule has 0 saturated carbocycles. The van der Waals surface area contributed by atoms with E-state index in [0.29, 0.717) is 29.7 Å². The van der Waals surface area contributed by atoms with Gasteiger partial charge in [-0.05, 0) is 55.7 Å². The third-order valence-electron chi connectivity index (χ3n) is 8.01. The Kier molecular flexibility index (Phi) is 9.26. The van der Waals surface area contributed by atoms with Crippen LogP contribution in [0.15, 0.2) is 42.5 Å². The van der Waals surface area contributed by atoms with Crippen LogP contribution in [0.2, 0.25) is 10.0 Å². The molecule has 0 bridgehead atoms. The van der Waals surface area contributed by atoms with Gasteiger partial charge in [0.05, 0.1) is 23.2 Å². The smallest absolute Gasteiger partial charge is 0.267 e. The lowest BCUT2D eigenvalue weighted by Crippen LogP contribution is -2.61. The maximum Gasteiger partial charge on any atom is 0.267 e. The van der Waals surface area contributed by atoms with Gasteiger partial charge in [0, 0.05) is 55.9 Å². The summed E-state index contributed by atoms with van der Waals surface area (Å²) in [7, 11) is 0. The van der Waals surface area contributed by atoms with Gasteiger partial charge in [0.1, 0.15) is 0 Å². The van der Waals surface area contributed by atoms with Crippen molar-refractivity contribution in [1.82, 2.24) is 14.7 Å². The molecule has 40 heavy (non-hydrogen) atoms. The molecular weight excluding hydrogens is 581 g/mol. The van der Waals surface area contributed by atoms with Gasteiger partial charge in [-0.1, -0.05) is 35.3 Å². The van der Waals surface area contributed by atoms with Gasteiger partial charge >= 0.3 is 0 Å². The van der Waals surface area contributed by atoms with E-state index in [-0.39, 0.29) is 49.0 Å². The second kappa shape index (κ2) is 12.0. The van der Waals surface area contributed by atoms with Gasteiger partial charge in [-0.3, -0.25) is 14.5 Å². The predicted molar refractivity (Wildman–Crippen MR) is 157 cm³/mol. The average molecular weight is 616 g/mol. The Hall–Kier alpha value is -2.11. The lowest BCUT2D eigenvalue weighted by molar-refractivity contribution is -0.152. The van der Waals surface area contributed by atoms with Crippen molar-refractivity contribution < 1.29 is 23.5 Å². The number of amides is 2. The zero-order valence-electron chi connectivity index (χ0n) is 22.2. The van der Waals surface area contributed by atoms with Gasteiger partial charge in [-0.25, -0.2) is 8.78 Å². The maximum atomic E-state index is 13.5. The first-order valence-electron chi connectivity index (χ1n) is 13.2. The van der Waals surface area contributed by atoms with Gasteiger partial charge in [0.2, 0.25) is 0 Å². The highest BCUT2D eigenvalue weighted by molar-refractivity contribution is 7.59. The molecule has 2 N–H and O–H groups in total. The highest BCUT2D eigenvalue weighted by atomic mass is 35.5. The normalized spacial score (nSPS) is 21.4. The van der Waals surface area contributed by atoms with E-state index in [0.717, 1.165) is 36.5 Å². The molecule has 7 nitrogen and oxygen atoms in total. The van der Waals surface area contributed by atoms with Crippen LogP contribution in [-0.4, -0.2) is 88.9 Å². The number of benzene rings is 2. The summed E-state index contributed by atoms with van der Waals surface area (Å²) in [5.74, 6) is -3.64. The molecule has 3 saturated heterocycles. The SMILES string of the molecule is C[C@@](O)(C(=O)N1CCC(N2CC(Nc3ccc(C(=O)N4CCC(F)(F)C4)c(Cl)c3)C2)CC1)c1cccc(Cl)c1.S. The number of hydrogen-bond donors (Lipinski definition) is 2. The molecule has 2 aromatic rings. The second-order valence-corrected chi connectivity index (χ2v) is 11.8. The third kappa shape index (κ3) is 6.51. The number of aliphatic hydroxyl groups is 1. The average Bonchev–Trinajstić information content (AvgIpc) is 3.25. The summed E-state index contributed by atoms with van der Waals surface area (Å²) < 4.78 is 27.0. The Balaban J connectivity index is 0.00000370. The van der Waals surface area contributed by atoms with E-state index in [4.69, 9.17) is 23.2 Å². The number of likely N-dealkylation sites (tertiary alicyclic amines) is 3. The molecule has 3 heterocycles. The lowest BCUT2D eigenvalue weighted by Gasteiger charge is -2.48. The molecule has 5 rings (SSSR count). The van der Waals surface area contributed by atoms with Crippen LogP contribution >= 0.6 is 36.7 Å². The Morgan fingerprint density at radius 3 is 2.35 bits per heavy atom. The van der Waals surface area contributed by atoms with Crippen LogP contribution in [-0.2, 0) is 10.4 Å². The van der Waals surface area contributed by atoms with Crippen LogP contribution < -0.4 is 5.32 Å². The number of nitrogens with zero attached hydrogens (tertiary/aromatic N) is 3. The van der Waals surface area contributed by atoms with Crippen molar-refractivity contribution in [3.8, 4) is 0 Å². The van der Waals surface area contributed by atoms with Crippen molar-refractivity contribution in [2.24, 2.45) is 0 Å². The molecule has 12 heteroatoms. The number of hydrogen-bond acceptors (Lipinski definition) is 5. The Bertz CT molecular complexity index is 1250. The van der Waals surface area contributed by atoms with Crippen molar-refractivity contribution in [2.75, 3.05) is 44.6 Å². The van der Waals surface area contributed by atoms with Gasteiger partial charge in [0.15, 0.2) is 5.60 Å². The molecule has 3 aliphatic rings. The maximum absolute atomic E-state index is 13.5. The van der Waals surface area contributed by atoms with Crippen molar-refractivity contribution in [1.29, 1.82) is 0 Å². The molecule has 0 spiro atoms. The Morgan fingerprint density at radius 1 is 1.05 bits per heavy atom. The predicted octanol–water partition coefficient (Wildman–Crippen LogP) is 4.58. The number of carbonyl (C=O) groups excluding carboxylic acids is 2. The molecule has 1 atom stereocenters. The summed E-state index contributed by atoms with van der Waals surface area (Å²) in [5, 5.41) is 15.1. The van der Waals surface area contributed by atoms with E-state index in [9.17, 15) is 23.5 Å². The fourth-order valence-corrected chi connectivity index (χ4v) is 6.10. The zero-order valence-corrected chi connectivity index (χ0v) is 24.7. The molecule has 0 aliphatic carbocycles. The molecule has 2 aromatic carbocycles. The van der Waals surface area contributed by atoms with Crippen LogP contribution in [0.25, 0.3) is 0 Å². The van der Waals surface area contributed by atoms with Gasteiger partial charge in [-0.15, -0.1) is 0 Å². The number of anilines is 1. The number of alkyl halides is 2. The highest BCUT2D eigenvalue weighted by Crippen LogP contribution is 2.32. The summed E-state index contributed by atoms with van der Waals surface area (Å²) >= 11 is 12.4. The highest BCUT2D eigenvalue weighted by Gasteiger charge is 2.42. The van der Waals surface area contributed by atoms with E-state index >= 15 is 0 Å². The monoisotopic (exact) mass is 614 g/mol. The molecular formula is C28H34Cl2F2N4O3S. The van der Waals surface area contributed by atoms with Crippen LogP contribution in [0.1, 0.15) is 42.1 Å². The molecule has 2 amide bonds. The first-order chi connectivity index (χ1) is 18.4. The van der Waals surface area contributed by atoms with E-state index in [1.807, 2.05) is 0 Å². The lowest BCUT2D eigenvalue weighted by atomic mass is 9.92. The fraction of sp³-hybridized carbons (Fsp3) is 0.500. The number of halogens is 4. The van der Waals surface area contributed by atoms with Crippen LogP contribution in [0.3, 0.4) is 0 Å². The summed E-state index contributed by atoms with van der Waals surface area (Å²) in [5.41, 5.74) is -0.152. The number of nitrogens with one attached hydrogen (secondary N) is 1. The van der Waals surface area contributed by atoms with Crippen LogP contribution in [0.5, 0.6) is 0 Å². The van der Waals surface area contributed by atoms with E-state index in [1.54, 1.807) is 47.4 Å². The van der Waals surface area contributed by atoms with E-state index < -0.39 is 24.0 Å². The molecule has 3 aliphatic heterocycles. The first-order valence-corrected chi connectivity index (χ1v) is 13.9. The standard InChI is InChI=1S/C28H32Cl2F2N4O3.H2S/c1-27(39,18-3-2-4-19(29)13-18)26(38)34-10-7-22(8-11-34)36-15-21(16-36)33-20-5-6-23(24(30)14-20)25(37)35-12-9-28(31,32)17-35;/h2-6,13-14,21-22,33,39H,7-12,15-17H2,1H3;1H2/t27-;/m0./s1. The van der Waals surface area contributed by atoms with Gasteiger partial charge < -0.3 is 20.2 Å². The van der Waals surface area contributed by atoms with E-state index in [1.165, 1.54) is 6.92 Å². The molecule has 0 aromatic heterocycles. The molecule has 3 fully saturated rings. The van der Waals surface area contributed by atoms with Crippen molar-refractivity contribution in [3.05, 3.63) is 63.6 Å².